The Balaban J connectivity index is 1.85. The number of urea groups is 1. The highest BCUT2D eigenvalue weighted by Crippen LogP contribution is 2.12. The van der Waals surface area contributed by atoms with Crippen LogP contribution in [0.25, 0.3) is 0 Å². The van der Waals surface area contributed by atoms with Gasteiger partial charge in [0.25, 0.3) is 0 Å². The number of hydrogen-bond acceptors (Lipinski definition) is 2. The third-order valence-corrected chi connectivity index (χ3v) is 4.48. The van der Waals surface area contributed by atoms with Gasteiger partial charge in [0.15, 0.2) is 0 Å². The van der Waals surface area contributed by atoms with E-state index in [1.54, 1.807) is 0 Å². The van der Waals surface area contributed by atoms with Crippen LogP contribution in [0, 0.1) is 0 Å². The first-order valence-electron chi connectivity index (χ1n) is 9.16. The molecule has 0 bridgehead atoms. The minimum Gasteiger partial charge on any atom is -0.337 e. The van der Waals surface area contributed by atoms with Gasteiger partial charge in [0, 0.05) is 18.1 Å². The lowest BCUT2D eigenvalue weighted by molar-refractivity contribution is 0.222. The predicted molar refractivity (Wildman–Crippen MR) is 108 cm³/mol. The van der Waals surface area contributed by atoms with Crippen LogP contribution in [0.4, 0.5) is 4.79 Å². The SMILES string of the molecule is CN(C)[C@H](CNC(=O)NC(C)(C)Cc1ccccc1)Cc1ccccc1. The van der Waals surface area contributed by atoms with Crippen molar-refractivity contribution in [1.29, 1.82) is 0 Å². The summed E-state index contributed by atoms with van der Waals surface area (Å²) in [4.78, 5) is 14.5. The van der Waals surface area contributed by atoms with Gasteiger partial charge in [0.05, 0.1) is 0 Å². The maximum atomic E-state index is 12.4. The van der Waals surface area contributed by atoms with Crippen LogP contribution < -0.4 is 10.6 Å². The van der Waals surface area contributed by atoms with Gasteiger partial charge in [-0.3, -0.25) is 0 Å². The van der Waals surface area contributed by atoms with E-state index in [4.69, 9.17) is 0 Å². The summed E-state index contributed by atoms with van der Waals surface area (Å²) in [5.41, 5.74) is 2.18. The van der Waals surface area contributed by atoms with E-state index < -0.39 is 0 Å². The largest absolute Gasteiger partial charge is 0.337 e. The number of rotatable bonds is 8. The summed E-state index contributed by atoms with van der Waals surface area (Å²) in [6, 6.07) is 20.7. The zero-order valence-corrected chi connectivity index (χ0v) is 16.3. The number of amides is 2. The summed E-state index contributed by atoms with van der Waals surface area (Å²) in [5, 5.41) is 6.13. The van der Waals surface area contributed by atoms with Crippen LogP contribution in [0.3, 0.4) is 0 Å². The summed E-state index contributed by atoms with van der Waals surface area (Å²) < 4.78 is 0. The second-order valence-electron chi connectivity index (χ2n) is 7.69. The third-order valence-electron chi connectivity index (χ3n) is 4.48. The molecule has 4 heteroatoms. The Hall–Kier alpha value is -2.33. The Morgan fingerprint density at radius 1 is 0.962 bits per heavy atom. The van der Waals surface area contributed by atoms with Gasteiger partial charge in [0.2, 0.25) is 0 Å². The highest BCUT2D eigenvalue weighted by atomic mass is 16.2. The van der Waals surface area contributed by atoms with E-state index in [1.807, 2.05) is 64.3 Å². The fraction of sp³-hybridized carbons (Fsp3) is 0.409. The standard InChI is InChI=1S/C22H31N3O/c1-22(2,16-19-13-9-6-10-14-19)24-21(26)23-17-20(25(3)4)15-18-11-7-5-8-12-18/h5-14,20H,15-17H2,1-4H3,(H2,23,24,26)/t20-/m0/s1. The van der Waals surface area contributed by atoms with Crippen LogP contribution in [-0.4, -0.2) is 43.2 Å². The first kappa shape index (κ1) is 20.0. The smallest absolute Gasteiger partial charge is 0.315 e. The molecule has 0 saturated carbocycles. The van der Waals surface area contributed by atoms with Crippen LogP contribution >= 0.6 is 0 Å². The van der Waals surface area contributed by atoms with Gasteiger partial charge in [-0.15, -0.1) is 0 Å². The molecule has 2 N–H and O–H groups in total. The number of nitrogens with one attached hydrogen (secondary N) is 2. The summed E-state index contributed by atoms with van der Waals surface area (Å²) in [5.74, 6) is 0. The fourth-order valence-corrected chi connectivity index (χ4v) is 3.04. The number of likely N-dealkylation sites (N-methyl/N-ethyl adjacent to an activating group) is 1. The fourth-order valence-electron chi connectivity index (χ4n) is 3.04. The minimum atomic E-state index is -0.307. The van der Waals surface area contributed by atoms with E-state index in [-0.39, 0.29) is 17.6 Å². The maximum absolute atomic E-state index is 12.4. The van der Waals surface area contributed by atoms with Crippen molar-refractivity contribution in [2.45, 2.75) is 38.3 Å². The molecule has 2 amide bonds. The number of carbonyl (C=O) groups is 1. The van der Waals surface area contributed by atoms with Crippen molar-refractivity contribution in [2.24, 2.45) is 0 Å². The van der Waals surface area contributed by atoms with Crippen molar-refractivity contribution in [1.82, 2.24) is 15.5 Å². The van der Waals surface area contributed by atoms with E-state index in [0.717, 1.165) is 12.8 Å². The molecule has 26 heavy (non-hydrogen) atoms. The maximum Gasteiger partial charge on any atom is 0.315 e. The molecule has 4 nitrogen and oxygen atoms in total. The highest BCUT2D eigenvalue weighted by Gasteiger charge is 2.21. The van der Waals surface area contributed by atoms with Crippen LogP contribution in [0.2, 0.25) is 0 Å². The lowest BCUT2D eigenvalue weighted by atomic mass is 9.95. The Kier molecular flexibility index (Phi) is 7.22. The van der Waals surface area contributed by atoms with E-state index in [1.165, 1.54) is 11.1 Å². The van der Waals surface area contributed by atoms with Crippen molar-refractivity contribution in [3.63, 3.8) is 0 Å². The van der Waals surface area contributed by atoms with Gasteiger partial charge in [-0.2, -0.15) is 0 Å². The molecule has 1 atom stereocenters. The first-order chi connectivity index (χ1) is 12.4. The molecule has 2 aromatic rings. The molecule has 0 aromatic heterocycles. The first-order valence-corrected chi connectivity index (χ1v) is 9.16. The monoisotopic (exact) mass is 353 g/mol. The number of hydrogen-bond donors (Lipinski definition) is 2. The van der Waals surface area contributed by atoms with E-state index >= 15 is 0 Å². The van der Waals surface area contributed by atoms with Gasteiger partial charge in [0.1, 0.15) is 0 Å². The van der Waals surface area contributed by atoms with Crippen molar-refractivity contribution in [3.8, 4) is 0 Å². The molecule has 0 unspecified atom stereocenters. The molecule has 0 spiro atoms. The molecule has 2 aromatic carbocycles. The lowest BCUT2D eigenvalue weighted by Gasteiger charge is -2.29. The molecule has 2 rings (SSSR count). The molecule has 0 radical (unpaired) electrons. The zero-order chi connectivity index (χ0) is 19.0. The third kappa shape index (κ3) is 6.89. The van der Waals surface area contributed by atoms with Crippen LogP contribution in [-0.2, 0) is 12.8 Å². The van der Waals surface area contributed by atoms with Gasteiger partial charge in [-0.05, 0) is 51.9 Å². The minimum absolute atomic E-state index is 0.120. The molecular formula is C22H31N3O. The molecule has 0 aliphatic rings. The molecule has 0 fully saturated rings. The molecule has 0 aliphatic heterocycles. The van der Waals surface area contributed by atoms with Gasteiger partial charge in [-0.1, -0.05) is 60.7 Å². The second kappa shape index (κ2) is 9.39. The Morgan fingerprint density at radius 3 is 2.04 bits per heavy atom. The number of nitrogens with zero attached hydrogens (tertiary/aromatic N) is 1. The average Bonchev–Trinajstić information content (AvgIpc) is 2.59. The predicted octanol–water partition coefficient (Wildman–Crippen LogP) is 3.48. The van der Waals surface area contributed by atoms with Crippen LogP contribution in [0.5, 0.6) is 0 Å². The Bertz CT molecular complexity index is 668. The molecular weight excluding hydrogens is 322 g/mol. The van der Waals surface area contributed by atoms with E-state index in [9.17, 15) is 4.79 Å². The van der Waals surface area contributed by atoms with Crippen molar-refractivity contribution in [3.05, 3.63) is 71.8 Å². The summed E-state index contributed by atoms with van der Waals surface area (Å²) in [6.07, 6.45) is 1.70. The van der Waals surface area contributed by atoms with Gasteiger partial charge < -0.3 is 15.5 Å². The van der Waals surface area contributed by atoms with Crippen molar-refractivity contribution in [2.75, 3.05) is 20.6 Å². The molecule has 140 valence electrons. The van der Waals surface area contributed by atoms with Crippen LogP contribution in [0.15, 0.2) is 60.7 Å². The Labute approximate surface area is 157 Å². The molecule has 0 aliphatic carbocycles. The topological polar surface area (TPSA) is 44.4 Å². The normalized spacial score (nSPS) is 12.7. The number of benzene rings is 2. The van der Waals surface area contributed by atoms with Crippen molar-refractivity contribution >= 4 is 6.03 Å². The number of carbonyl (C=O) groups excluding carboxylic acids is 1. The lowest BCUT2D eigenvalue weighted by Crippen LogP contribution is -2.52. The summed E-state index contributed by atoms with van der Waals surface area (Å²) in [7, 11) is 4.10. The van der Waals surface area contributed by atoms with Crippen LogP contribution in [0.1, 0.15) is 25.0 Å². The van der Waals surface area contributed by atoms with Gasteiger partial charge in [-0.25, -0.2) is 4.79 Å². The van der Waals surface area contributed by atoms with Crippen molar-refractivity contribution < 1.29 is 4.79 Å². The summed E-state index contributed by atoms with van der Waals surface area (Å²) in [6.45, 7) is 4.70. The second-order valence-corrected chi connectivity index (χ2v) is 7.69. The average molecular weight is 354 g/mol. The Morgan fingerprint density at radius 2 is 1.50 bits per heavy atom. The van der Waals surface area contributed by atoms with Gasteiger partial charge >= 0.3 is 6.03 Å². The zero-order valence-electron chi connectivity index (χ0n) is 16.3. The highest BCUT2D eigenvalue weighted by molar-refractivity contribution is 5.74. The summed E-state index contributed by atoms with van der Waals surface area (Å²) >= 11 is 0. The van der Waals surface area contributed by atoms with E-state index in [0.29, 0.717) is 6.54 Å². The molecule has 0 heterocycles. The molecule has 0 saturated heterocycles. The quantitative estimate of drug-likeness (QED) is 0.763. The van der Waals surface area contributed by atoms with E-state index in [2.05, 4.69) is 39.8 Å².